The van der Waals surface area contributed by atoms with E-state index in [1.807, 2.05) is 25.1 Å². The third kappa shape index (κ3) is 4.11. The predicted molar refractivity (Wildman–Crippen MR) is 81.6 cm³/mol. The maximum Gasteiger partial charge on any atom is 0.240 e. The van der Waals surface area contributed by atoms with Crippen molar-refractivity contribution in [3.8, 4) is 11.5 Å². The number of hydrogen-bond donors (Lipinski definition) is 2. The van der Waals surface area contributed by atoms with Crippen LogP contribution in [0.3, 0.4) is 0 Å². The zero-order valence-electron chi connectivity index (χ0n) is 12.8. The van der Waals surface area contributed by atoms with E-state index in [9.17, 15) is 4.79 Å². The van der Waals surface area contributed by atoms with Crippen molar-refractivity contribution in [1.82, 2.24) is 5.32 Å². The van der Waals surface area contributed by atoms with Crippen LogP contribution in [-0.4, -0.2) is 31.7 Å². The molecule has 0 unspecified atom stereocenters. The Morgan fingerprint density at radius 1 is 1.38 bits per heavy atom. The summed E-state index contributed by atoms with van der Waals surface area (Å²) in [5.74, 6) is 1.49. The Labute approximate surface area is 125 Å². The molecule has 5 nitrogen and oxygen atoms in total. The average molecular weight is 292 g/mol. The van der Waals surface area contributed by atoms with Crippen molar-refractivity contribution in [2.45, 2.75) is 38.1 Å². The van der Waals surface area contributed by atoms with Gasteiger partial charge in [0.2, 0.25) is 5.91 Å². The van der Waals surface area contributed by atoms with Gasteiger partial charge in [0.1, 0.15) is 0 Å². The molecule has 5 heteroatoms. The summed E-state index contributed by atoms with van der Waals surface area (Å²) in [5, 5.41) is 2.90. The second-order valence-electron chi connectivity index (χ2n) is 5.43. The summed E-state index contributed by atoms with van der Waals surface area (Å²) in [4.78, 5) is 11.7. The van der Waals surface area contributed by atoms with Crippen molar-refractivity contribution in [3.05, 3.63) is 23.8 Å². The first-order valence-corrected chi connectivity index (χ1v) is 7.46. The van der Waals surface area contributed by atoms with Gasteiger partial charge in [0.15, 0.2) is 11.5 Å². The lowest BCUT2D eigenvalue weighted by molar-refractivity contribution is -0.123. The summed E-state index contributed by atoms with van der Waals surface area (Å²) in [6, 6.07) is 5.93. The second-order valence-corrected chi connectivity index (χ2v) is 5.43. The lowest BCUT2D eigenvalue weighted by atomic mass is 10.1. The zero-order valence-corrected chi connectivity index (χ0v) is 12.8. The first-order valence-electron chi connectivity index (χ1n) is 7.46. The van der Waals surface area contributed by atoms with E-state index in [1.54, 1.807) is 7.11 Å². The lowest BCUT2D eigenvalue weighted by Crippen LogP contribution is -2.43. The largest absolute Gasteiger partial charge is 0.493 e. The maximum atomic E-state index is 11.7. The molecule has 1 amide bonds. The van der Waals surface area contributed by atoms with Crippen molar-refractivity contribution >= 4 is 5.91 Å². The molecule has 1 aliphatic rings. The number of carbonyl (C=O) groups excluding carboxylic acids is 1. The van der Waals surface area contributed by atoms with E-state index in [2.05, 4.69) is 5.32 Å². The number of rotatable bonds is 8. The van der Waals surface area contributed by atoms with Crippen molar-refractivity contribution in [2.24, 2.45) is 5.73 Å². The Balaban J connectivity index is 1.80. The van der Waals surface area contributed by atoms with Crippen LogP contribution in [0.4, 0.5) is 0 Å². The number of hydrogen-bond acceptors (Lipinski definition) is 4. The number of carbonyl (C=O) groups is 1. The highest BCUT2D eigenvalue weighted by Gasteiger charge is 2.45. The molecule has 2 rings (SSSR count). The molecule has 0 saturated heterocycles. The fraction of sp³-hybridized carbons (Fsp3) is 0.562. The molecule has 0 bridgehead atoms. The van der Waals surface area contributed by atoms with Gasteiger partial charge in [0, 0.05) is 6.54 Å². The molecular formula is C16H24N2O3. The monoisotopic (exact) mass is 292 g/mol. The van der Waals surface area contributed by atoms with Crippen molar-refractivity contribution in [2.75, 3.05) is 20.3 Å². The third-order valence-electron chi connectivity index (χ3n) is 3.70. The predicted octanol–water partition coefficient (Wildman–Crippen LogP) is 1.63. The lowest BCUT2D eigenvalue weighted by Gasteiger charge is -2.12. The average Bonchev–Trinajstić information content (AvgIpc) is 3.23. The summed E-state index contributed by atoms with van der Waals surface area (Å²) < 4.78 is 10.8. The van der Waals surface area contributed by atoms with Gasteiger partial charge in [-0.1, -0.05) is 6.07 Å². The molecule has 0 atom stereocenters. The molecule has 0 aromatic heterocycles. The standard InChI is InChI=1S/C16H24N2O3/c1-3-21-14-11-12(6-7-13(14)20-2)5-4-10-18-15(19)16(17)8-9-16/h6-7,11H,3-5,8-10,17H2,1-2H3,(H,18,19). The van der Waals surface area contributed by atoms with Crippen LogP contribution < -0.4 is 20.5 Å². The Bertz CT molecular complexity index is 498. The van der Waals surface area contributed by atoms with Crippen LogP contribution in [0.15, 0.2) is 18.2 Å². The smallest absolute Gasteiger partial charge is 0.240 e. The molecule has 116 valence electrons. The van der Waals surface area contributed by atoms with Crippen molar-refractivity contribution in [1.29, 1.82) is 0 Å². The van der Waals surface area contributed by atoms with E-state index in [0.717, 1.165) is 37.2 Å². The first kappa shape index (κ1) is 15.6. The van der Waals surface area contributed by atoms with Crippen LogP contribution in [0.25, 0.3) is 0 Å². The van der Waals surface area contributed by atoms with Crippen LogP contribution in [0.2, 0.25) is 0 Å². The first-order chi connectivity index (χ1) is 10.1. The Hall–Kier alpha value is -1.75. The Morgan fingerprint density at radius 3 is 2.76 bits per heavy atom. The Kier molecular flexibility index (Phi) is 5.07. The van der Waals surface area contributed by atoms with Crippen LogP contribution in [0.5, 0.6) is 11.5 Å². The van der Waals surface area contributed by atoms with Crippen LogP contribution in [0, 0.1) is 0 Å². The highest BCUT2D eigenvalue weighted by atomic mass is 16.5. The van der Waals surface area contributed by atoms with E-state index in [-0.39, 0.29) is 5.91 Å². The minimum atomic E-state index is -0.581. The third-order valence-corrected chi connectivity index (χ3v) is 3.70. The fourth-order valence-corrected chi connectivity index (χ4v) is 2.18. The molecule has 0 aliphatic heterocycles. The molecule has 1 fully saturated rings. The van der Waals surface area contributed by atoms with Gasteiger partial charge in [0.05, 0.1) is 19.3 Å². The normalized spacial score (nSPS) is 15.4. The summed E-state index contributed by atoms with van der Waals surface area (Å²) in [6.07, 6.45) is 3.35. The van der Waals surface area contributed by atoms with Gasteiger partial charge in [-0.3, -0.25) is 4.79 Å². The van der Waals surface area contributed by atoms with Crippen molar-refractivity contribution in [3.63, 3.8) is 0 Å². The summed E-state index contributed by atoms with van der Waals surface area (Å²) >= 11 is 0. The van der Waals surface area contributed by atoms with E-state index < -0.39 is 5.54 Å². The number of aryl methyl sites for hydroxylation is 1. The molecule has 3 N–H and O–H groups in total. The summed E-state index contributed by atoms with van der Waals surface area (Å²) in [7, 11) is 1.63. The number of methoxy groups -OCH3 is 1. The van der Waals surface area contributed by atoms with Gasteiger partial charge in [-0.15, -0.1) is 0 Å². The molecule has 1 aliphatic carbocycles. The molecule has 0 spiro atoms. The SMILES string of the molecule is CCOc1cc(CCCNC(=O)C2(N)CC2)ccc1OC. The van der Waals surface area contributed by atoms with Crippen molar-refractivity contribution < 1.29 is 14.3 Å². The molecule has 1 aromatic carbocycles. The zero-order chi connectivity index (χ0) is 15.3. The van der Waals surface area contributed by atoms with E-state index >= 15 is 0 Å². The van der Waals surface area contributed by atoms with Gasteiger partial charge in [-0.25, -0.2) is 0 Å². The fourth-order valence-electron chi connectivity index (χ4n) is 2.18. The van der Waals surface area contributed by atoms with Crippen LogP contribution >= 0.6 is 0 Å². The van der Waals surface area contributed by atoms with Gasteiger partial charge < -0.3 is 20.5 Å². The van der Waals surface area contributed by atoms with E-state index in [1.165, 1.54) is 5.56 Å². The van der Waals surface area contributed by atoms with Gasteiger partial charge in [0.25, 0.3) is 0 Å². The molecule has 1 aromatic rings. The molecule has 1 saturated carbocycles. The second kappa shape index (κ2) is 6.80. The van der Waals surface area contributed by atoms with E-state index in [4.69, 9.17) is 15.2 Å². The minimum absolute atomic E-state index is 0.0211. The Morgan fingerprint density at radius 2 is 2.14 bits per heavy atom. The van der Waals surface area contributed by atoms with E-state index in [0.29, 0.717) is 13.2 Å². The van der Waals surface area contributed by atoms with Gasteiger partial charge in [-0.2, -0.15) is 0 Å². The number of nitrogens with two attached hydrogens (primary N) is 1. The number of ether oxygens (including phenoxy) is 2. The minimum Gasteiger partial charge on any atom is -0.493 e. The quantitative estimate of drug-likeness (QED) is 0.714. The maximum absolute atomic E-state index is 11.7. The highest BCUT2D eigenvalue weighted by Crippen LogP contribution is 2.32. The van der Waals surface area contributed by atoms with Gasteiger partial charge >= 0.3 is 0 Å². The molecule has 0 radical (unpaired) electrons. The van der Waals surface area contributed by atoms with Gasteiger partial charge in [-0.05, 0) is 50.3 Å². The topological polar surface area (TPSA) is 73.6 Å². The number of nitrogens with one attached hydrogen (secondary N) is 1. The highest BCUT2D eigenvalue weighted by molar-refractivity contribution is 5.88. The number of amides is 1. The van der Waals surface area contributed by atoms with Crippen LogP contribution in [-0.2, 0) is 11.2 Å². The molecular weight excluding hydrogens is 268 g/mol. The molecule has 21 heavy (non-hydrogen) atoms. The summed E-state index contributed by atoms with van der Waals surface area (Å²) in [6.45, 7) is 3.20. The van der Waals surface area contributed by atoms with Crippen LogP contribution in [0.1, 0.15) is 31.7 Å². The summed E-state index contributed by atoms with van der Waals surface area (Å²) in [5.41, 5.74) is 6.41. The molecule has 0 heterocycles. The number of benzene rings is 1.